The van der Waals surface area contributed by atoms with Crippen LogP contribution < -0.4 is 5.48 Å². The SMILES string of the molecule is O=S(=O)(O)CCCNO. The van der Waals surface area contributed by atoms with Crippen molar-refractivity contribution in [2.75, 3.05) is 12.3 Å². The van der Waals surface area contributed by atoms with E-state index in [1.807, 2.05) is 0 Å². The predicted molar refractivity (Wildman–Crippen MR) is 30.8 cm³/mol. The molecule has 0 amide bonds. The number of hydroxylamine groups is 1. The minimum Gasteiger partial charge on any atom is -0.317 e. The fraction of sp³-hybridized carbons (Fsp3) is 1.00. The van der Waals surface area contributed by atoms with Gasteiger partial charge in [0, 0.05) is 6.54 Å². The third-order valence-electron chi connectivity index (χ3n) is 0.691. The number of rotatable bonds is 4. The van der Waals surface area contributed by atoms with E-state index in [1.54, 1.807) is 5.48 Å². The van der Waals surface area contributed by atoms with Crippen molar-refractivity contribution in [1.82, 2.24) is 5.48 Å². The lowest BCUT2D eigenvalue weighted by Gasteiger charge is -1.93. The van der Waals surface area contributed by atoms with Crippen molar-refractivity contribution in [3.63, 3.8) is 0 Å². The normalized spacial score (nSPS) is 11.8. The van der Waals surface area contributed by atoms with Crippen LogP contribution in [-0.4, -0.2) is 30.5 Å². The molecule has 0 aromatic rings. The van der Waals surface area contributed by atoms with Crippen LogP contribution in [0.2, 0.25) is 0 Å². The minimum absolute atomic E-state index is 0.166. The Morgan fingerprint density at radius 1 is 1.44 bits per heavy atom. The Bertz CT molecular complexity index is 151. The molecule has 0 atom stereocenters. The van der Waals surface area contributed by atoms with Crippen LogP contribution in [0.1, 0.15) is 6.42 Å². The van der Waals surface area contributed by atoms with Crippen molar-refractivity contribution in [3.8, 4) is 0 Å². The molecule has 56 valence electrons. The molecule has 0 heterocycles. The van der Waals surface area contributed by atoms with Crippen LogP contribution in [0.5, 0.6) is 0 Å². The lowest BCUT2D eigenvalue weighted by molar-refractivity contribution is 0.167. The van der Waals surface area contributed by atoms with E-state index in [1.165, 1.54) is 0 Å². The highest BCUT2D eigenvalue weighted by molar-refractivity contribution is 7.85. The standard InChI is InChI=1S/C3H9NO4S/c5-4-2-1-3-9(6,7)8/h4-5H,1-3H2,(H,6,7,8). The van der Waals surface area contributed by atoms with Gasteiger partial charge in [-0.1, -0.05) is 0 Å². The van der Waals surface area contributed by atoms with Gasteiger partial charge in [-0.15, -0.1) is 0 Å². The predicted octanol–water partition coefficient (Wildman–Crippen LogP) is -0.757. The molecular weight excluding hydrogens is 146 g/mol. The second kappa shape index (κ2) is 3.78. The average Bonchev–Trinajstić information content (AvgIpc) is 1.63. The van der Waals surface area contributed by atoms with Crippen molar-refractivity contribution < 1.29 is 18.2 Å². The molecule has 9 heavy (non-hydrogen) atoms. The molecule has 0 saturated heterocycles. The van der Waals surface area contributed by atoms with Crippen molar-refractivity contribution >= 4 is 10.1 Å². The zero-order valence-electron chi connectivity index (χ0n) is 4.74. The van der Waals surface area contributed by atoms with E-state index in [9.17, 15) is 8.42 Å². The van der Waals surface area contributed by atoms with Gasteiger partial charge < -0.3 is 5.21 Å². The molecule has 0 bridgehead atoms. The second-order valence-electron chi connectivity index (χ2n) is 1.55. The zero-order valence-corrected chi connectivity index (χ0v) is 5.56. The van der Waals surface area contributed by atoms with E-state index >= 15 is 0 Å². The van der Waals surface area contributed by atoms with Gasteiger partial charge in [0.25, 0.3) is 10.1 Å². The molecule has 0 spiro atoms. The van der Waals surface area contributed by atoms with Crippen molar-refractivity contribution in [2.45, 2.75) is 6.42 Å². The van der Waals surface area contributed by atoms with Gasteiger partial charge in [0.1, 0.15) is 0 Å². The Hall–Kier alpha value is -0.170. The summed E-state index contributed by atoms with van der Waals surface area (Å²) in [6, 6.07) is 0. The lowest BCUT2D eigenvalue weighted by atomic mass is 10.5. The summed E-state index contributed by atoms with van der Waals surface area (Å²) in [5, 5.41) is 7.94. The third kappa shape index (κ3) is 7.83. The van der Waals surface area contributed by atoms with Gasteiger partial charge in [0.15, 0.2) is 0 Å². The van der Waals surface area contributed by atoms with Crippen LogP contribution >= 0.6 is 0 Å². The van der Waals surface area contributed by atoms with Crippen molar-refractivity contribution in [3.05, 3.63) is 0 Å². The summed E-state index contributed by atoms with van der Waals surface area (Å²) in [7, 11) is -3.85. The Kier molecular flexibility index (Phi) is 3.71. The maximum Gasteiger partial charge on any atom is 0.264 e. The monoisotopic (exact) mass is 155 g/mol. The van der Waals surface area contributed by atoms with Crippen molar-refractivity contribution in [2.24, 2.45) is 0 Å². The summed E-state index contributed by atoms with van der Waals surface area (Å²) in [6.07, 6.45) is 0.204. The molecular formula is C3H9NO4S. The van der Waals surface area contributed by atoms with Crippen molar-refractivity contribution in [1.29, 1.82) is 0 Å². The van der Waals surface area contributed by atoms with E-state index in [2.05, 4.69) is 0 Å². The van der Waals surface area contributed by atoms with Crippen LogP contribution in [0.4, 0.5) is 0 Å². The summed E-state index contributed by atoms with van der Waals surface area (Å²) in [4.78, 5) is 0. The highest BCUT2D eigenvalue weighted by atomic mass is 32.2. The minimum atomic E-state index is -3.85. The van der Waals surface area contributed by atoms with Crippen LogP contribution in [0, 0.1) is 0 Å². The molecule has 0 rings (SSSR count). The first-order valence-corrected chi connectivity index (χ1v) is 3.99. The molecule has 0 aliphatic carbocycles. The fourth-order valence-electron chi connectivity index (χ4n) is 0.334. The quantitative estimate of drug-likeness (QED) is 0.282. The Morgan fingerprint density at radius 3 is 2.33 bits per heavy atom. The first kappa shape index (κ1) is 8.83. The van der Waals surface area contributed by atoms with E-state index < -0.39 is 10.1 Å². The topological polar surface area (TPSA) is 86.6 Å². The Balaban J connectivity index is 3.30. The number of hydrogen-bond donors (Lipinski definition) is 3. The van der Waals surface area contributed by atoms with Crippen LogP contribution in [-0.2, 0) is 10.1 Å². The summed E-state index contributed by atoms with van der Waals surface area (Å²) in [5.41, 5.74) is 1.76. The summed E-state index contributed by atoms with van der Waals surface area (Å²) in [6.45, 7) is 0.166. The summed E-state index contributed by atoms with van der Waals surface area (Å²) < 4.78 is 28.0. The molecule has 0 saturated carbocycles. The largest absolute Gasteiger partial charge is 0.317 e. The van der Waals surface area contributed by atoms with Gasteiger partial charge >= 0.3 is 0 Å². The molecule has 0 radical (unpaired) electrons. The van der Waals surface area contributed by atoms with E-state index in [0.29, 0.717) is 0 Å². The van der Waals surface area contributed by atoms with Gasteiger partial charge in [-0.3, -0.25) is 4.55 Å². The molecule has 0 aromatic heterocycles. The van der Waals surface area contributed by atoms with E-state index in [-0.39, 0.29) is 18.7 Å². The number of nitrogens with one attached hydrogen (secondary N) is 1. The average molecular weight is 155 g/mol. The molecule has 0 aliphatic heterocycles. The zero-order chi connectivity index (χ0) is 7.33. The van der Waals surface area contributed by atoms with Crippen LogP contribution in [0.3, 0.4) is 0 Å². The second-order valence-corrected chi connectivity index (χ2v) is 3.12. The number of hydrogen-bond acceptors (Lipinski definition) is 4. The highest BCUT2D eigenvalue weighted by Gasteiger charge is 2.01. The fourth-order valence-corrected chi connectivity index (χ4v) is 0.843. The molecule has 0 aromatic carbocycles. The summed E-state index contributed by atoms with van der Waals surface area (Å²) >= 11 is 0. The lowest BCUT2D eigenvalue weighted by Crippen LogP contribution is -2.13. The summed E-state index contributed by atoms with van der Waals surface area (Å²) in [5.74, 6) is -0.319. The van der Waals surface area contributed by atoms with E-state index in [0.717, 1.165) is 0 Å². The molecule has 0 fully saturated rings. The van der Waals surface area contributed by atoms with Gasteiger partial charge in [0.2, 0.25) is 0 Å². The van der Waals surface area contributed by atoms with E-state index in [4.69, 9.17) is 9.76 Å². The Labute approximate surface area is 53.4 Å². The first-order valence-electron chi connectivity index (χ1n) is 2.38. The maximum absolute atomic E-state index is 9.95. The van der Waals surface area contributed by atoms with Gasteiger partial charge in [-0.2, -0.15) is 8.42 Å². The third-order valence-corrected chi connectivity index (χ3v) is 1.50. The van der Waals surface area contributed by atoms with Crippen LogP contribution in [0.15, 0.2) is 0 Å². The molecule has 0 aliphatic rings. The molecule has 3 N–H and O–H groups in total. The van der Waals surface area contributed by atoms with Crippen LogP contribution in [0.25, 0.3) is 0 Å². The van der Waals surface area contributed by atoms with Gasteiger partial charge in [-0.05, 0) is 6.42 Å². The molecule has 5 nitrogen and oxygen atoms in total. The Morgan fingerprint density at radius 2 is 2.00 bits per heavy atom. The van der Waals surface area contributed by atoms with Gasteiger partial charge in [-0.25, -0.2) is 5.48 Å². The molecule has 0 unspecified atom stereocenters. The molecule has 6 heteroatoms. The van der Waals surface area contributed by atoms with Gasteiger partial charge in [0.05, 0.1) is 5.75 Å². The maximum atomic E-state index is 9.95. The highest BCUT2D eigenvalue weighted by Crippen LogP contribution is 1.84. The smallest absolute Gasteiger partial charge is 0.264 e. The first-order chi connectivity index (χ1) is 4.06.